The first-order valence-corrected chi connectivity index (χ1v) is 4.77. The van der Waals surface area contributed by atoms with Gasteiger partial charge in [-0.3, -0.25) is 0 Å². The minimum Gasteiger partial charge on any atom is -0.103 e. The average molecular weight is 154 g/mol. The fourth-order valence-corrected chi connectivity index (χ4v) is 1.28. The normalized spacial score (nSPS) is 13.5. The van der Waals surface area contributed by atoms with Gasteiger partial charge in [-0.1, -0.05) is 46.1 Å². The van der Waals surface area contributed by atoms with Gasteiger partial charge in [0.2, 0.25) is 0 Å². The monoisotopic (exact) mass is 154 g/mol. The molecule has 0 bridgehead atoms. The maximum atomic E-state index is 3.74. The highest BCUT2D eigenvalue weighted by Crippen LogP contribution is 2.14. The molecule has 0 N–H and O–H groups in total. The van der Waals surface area contributed by atoms with E-state index in [1.165, 1.54) is 25.7 Å². The predicted octanol–water partition coefficient (Wildman–Crippen LogP) is 4.02. The van der Waals surface area contributed by atoms with Crippen LogP contribution >= 0.6 is 0 Å². The third-order valence-electron chi connectivity index (χ3n) is 2.05. The van der Waals surface area contributed by atoms with E-state index in [0.717, 1.165) is 11.8 Å². The second kappa shape index (κ2) is 6.45. The summed E-state index contributed by atoms with van der Waals surface area (Å²) in [5.74, 6) is 1.71. The van der Waals surface area contributed by atoms with Gasteiger partial charge in [0, 0.05) is 0 Å². The molecule has 0 aromatic rings. The molecule has 0 radical (unpaired) electrons. The van der Waals surface area contributed by atoms with Crippen LogP contribution in [0, 0.1) is 11.8 Å². The van der Waals surface area contributed by atoms with Crippen LogP contribution in [0.5, 0.6) is 0 Å². The van der Waals surface area contributed by atoms with Gasteiger partial charge in [0.15, 0.2) is 0 Å². The second-order valence-electron chi connectivity index (χ2n) is 3.95. The Balaban J connectivity index is 3.16. The quantitative estimate of drug-likeness (QED) is 0.507. The maximum absolute atomic E-state index is 3.74. The Kier molecular flexibility index (Phi) is 6.30. The molecule has 0 saturated carbocycles. The fourth-order valence-electron chi connectivity index (χ4n) is 1.28. The topological polar surface area (TPSA) is 0 Å². The van der Waals surface area contributed by atoms with Gasteiger partial charge in [0.1, 0.15) is 0 Å². The summed E-state index contributed by atoms with van der Waals surface area (Å²) < 4.78 is 0. The van der Waals surface area contributed by atoms with Crippen molar-refractivity contribution in [2.24, 2.45) is 11.8 Å². The van der Waals surface area contributed by atoms with Gasteiger partial charge in [0.05, 0.1) is 0 Å². The minimum absolute atomic E-state index is 0.839. The highest BCUT2D eigenvalue weighted by Gasteiger charge is 2.00. The fraction of sp³-hybridized carbons (Fsp3) is 0.818. The Morgan fingerprint density at radius 3 is 2.27 bits per heavy atom. The van der Waals surface area contributed by atoms with Crippen LogP contribution in [0.15, 0.2) is 12.7 Å². The van der Waals surface area contributed by atoms with Crippen LogP contribution in [0.25, 0.3) is 0 Å². The number of rotatable bonds is 6. The van der Waals surface area contributed by atoms with Crippen molar-refractivity contribution in [3.05, 3.63) is 12.7 Å². The summed E-state index contributed by atoms with van der Waals surface area (Å²) in [6.45, 7) is 10.6. The molecule has 0 amide bonds. The first-order chi connectivity index (χ1) is 5.16. The molecular weight excluding hydrogens is 132 g/mol. The third-order valence-corrected chi connectivity index (χ3v) is 2.05. The summed E-state index contributed by atoms with van der Waals surface area (Å²) in [6, 6.07) is 0. The molecule has 0 nitrogen and oxygen atoms in total. The molecule has 0 rings (SSSR count). The lowest BCUT2D eigenvalue weighted by molar-refractivity contribution is 0.461. The van der Waals surface area contributed by atoms with Crippen LogP contribution < -0.4 is 0 Å². The van der Waals surface area contributed by atoms with E-state index >= 15 is 0 Å². The average Bonchev–Trinajstić information content (AvgIpc) is 1.87. The molecule has 0 spiro atoms. The van der Waals surface area contributed by atoms with Crippen LogP contribution in [0.2, 0.25) is 0 Å². The summed E-state index contributed by atoms with van der Waals surface area (Å²) in [5, 5.41) is 0. The van der Waals surface area contributed by atoms with Gasteiger partial charge in [-0.25, -0.2) is 0 Å². The van der Waals surface area contributed by atoms with Crippen LogP contribution in [-0.2, 0) is 0 Å². The van der Waals surface area contributed by atoms with E-state index in [1.807, 2.05) is 6.08 Å². The van der Waals surface area contributed by atoms with Crippen molar-refractivity contribution in [1.29, 1.82) is 0 Å². The molecule has 0 aliphatic rings. The SMILES string of the molecule is C=CC[C@@H](C)CCCC(C)C. The van der Waals surface area contributed by atoms with Crippen molar-refractivity contribution < 1.29 is 0 Å². The van der Waals surface area contributed by atoms with Gasteiger partial charge in [0.25, 0.3) is 0 Å². The zero-order chi connectivity index (χ0) is 8.69. The van der Waals surface area contributed by atoms with E-state index in [9.17, 15) is 0 Å². The van der Waals surface area contributed by atoms with Crippen LogP contribution in [0.1, 0.15) is 46.5 Å². The summed E-state index contributed by atoms with van der Waals surface area (Å²) in [6.07, 6.45) is 7.33. The largest absolute Gasteiger partial charge is 0.103 e. The first kappa shape index (κ1) is 10.7. The molecule has 0 saturated heterocycles. The Morgan fingerprint density at radius 1 is 1.18 bits per heavy atom. The summed E-state index contributed by atoms with van der Waals surface area (Å²) in [4.78, 5) is 0. The van der Waals surface area contributed by atoms with E-state index in [2.05, 4.69) is 27.4 Å². The molecular formula is C11H22. The lowest BCUT2D eigenvalue weighted by atomic mass is 9.97. The van der Waals surface area contributed by atoms with Crippen LogP contribution in [0.3, 0.4) is 0 Å². The van der Waals surface area contributed by atoms with Crippen molar-refractivity contribution in [2.45, 2.75) is 46.5 Å². The number of allylic oxidation sites excluding steroid dienone is 1. The molecule has 0 fully saturated rings. The van der Waals surface area contributed by atoms with Crippen molar-refractivity contribution in [3.8, 4) is 0 Å². The van der Waals surface area contributed by atoms with E-state index in [1.54, 1.807) is 0 Å². The summed E-state index contributed by atoms with van der Waals surface area (Å²) in [7, 11) is 0. The van der Waals surface area contributed by atoms with Crippen molar-refractivity contribution in [1.82, 2.24) is 0 Å². The van der Waals surface area contributed by atoms with Gasteiger partial charge in [-0.2, -0.15) is 0 Å². The molecule has 11 heavy (non-hydrogen) atoms. The predicted molar refractivity (Wildman–Crippen MR) is 52.7 cm³/mol. The number of hydrogen-bond acceptors (Lipinski definition) is 0. The van der Waals surface area contributed by atoms with Crippen LogP contribution in [0.4, 0.5) is 0 Å². The molecule has 0 heterocycles. The van der Waals surface area contributed by atoms with E-state index < -0.39 is 0 Å². The molecule has 0 heteroatoms. The lowest BCUT2D eigenvalue weighted by Gasteiger charge is -2.09. The van der Waals surface area contributed by atoms with Crippen molar-refractivity contribution in [3.63, 3.8) is 0 Å². The zero-order valence-electron chi connectivity index (χ0n) is 8.27. The van der Waals surface area contributed by atoms with Gasteiger partial charge >= 0.3 is 0 Å². The highest BCUT2D eigenvalue weighted by molar-refractivity contribution is 4.70. The van der Waals surface area contributed by atoms with Gasteiger partial charge < -0.3 is 0 Å². The zero-order valence-corrected chi connectivity index (χ0v) is 8.27. The van der Waals surface area contributed by atoms with Crippen molar-refractivity contribution >= 4 is 0 Å². The number of hydrogen-bond donors (Lipinski definition) is 0. The second-order valence-corrected chi connectivity index (χ2v) is 3.95. The van der Waals surface area contributed by atoms with Gasteiger partial charge in [-0.05, 0) is 18.3 Å². The van der Waals surface area contributed by atoms with E-state index in [0.29, 0.717) is 0 Å². The molecule has 0 aromatic heterocycles. The summed E-state index contributed by atoms with van der Waals surface area (Å²) >= 11 is 0. The summed E-state index contributed by atoms with van der Waals surface area (Å²) in [5.41, 5.74) is 0. The lowest BCUT2D eigenvalue weighted by Crippen LogP contribution is -1.94. The molecule has 1 atom stereocenters. The van der Waals surface area contributed by atoms with E-state index in [-0.39, 0.29) is 0 Å². The maximum Gasteiger partial charge on any atom is -0.0328 e. The molecule has 0 aromatic carbocycles. The third kappa shape index (κ3) is 7.64. The molecule has 0 unspecified atom stereocenters. The Morgan fingerprint density at radius 2 is 1.82 bits per heavy atom. The van der Waals surface area contributed by atoms with E-state index in [4.69, 9.17) is 0 Å². The first-order valence-electron chi connectivity index (χ1n) is 4.77. The molecule has 66 valence electrons. The minimum atomic E-state index is 0.839. The Labute approximate surface area is 71.7 Å². The highest BCUT2D eigenvalue weighted by atomic mass is 14.1. The standard InChI is InChI=1S/C11H22/c1-5-7-11(4)9-6-8-10(2)3/h5,10-11H,1,6-9H2,2-4H3/t11-/m1/s1. The van der Waals surface area contributed by atoms with Crippen molar-refractivity contribution in [2.75, 3.05) is 0 Å². The smallest absolute Gasteiger partial charge is 0.0328 e. The van der Waals surface area contributed by atoms with Crippen LogP contribution in [-0.4, -0.2) is 0 Å². The molecule has 0 aliphatic carbocycles. The van der Waals surface area contributed by atoms with Gasteiger partial charge in [-0.15, -0.1) is 6.58 Å². The Hall–Kier alpha value is -0.260. The Bertz CT molecular complexity index is 92.2. The molecule has 0 aliphatic heterocycles.